The first-order valence-corrected chi connectivity index (χ1v) is 8.16. The number of amides is 2. The van der Waals surface area contributed by atoms with Gasteiger partial charge in [0.1, 0.15) is 0 Å². The number of fused-ring (bicyclic) bond motifs is 2. The predicted octanol–water partition coefficient (Wildman–Crippen LogP) is 3.64. The molecule has 1 aliphatic rings. The molecule has 0 bridgehead atoms. The zero-order chi connectivity index (χ0) is 16.7. The molecule has 4 rings (SSSR count). The summed E-state index contributed by atoms with van der Waals surface area (Å²) >= 11 is 0. The molecule has 1 aliphatic heterocycles. The largest absolute Gasteiger partial charge is 0.347 e. The van der Waals surface area contributed by atoms with E-state index in [1.807, 2.05) is 0 Å². The maximum atomic E-state index is 12.3. The molecule has 2 aromatic carbocycles. The van der Waals surface area contributed by atoms with Crippen molar-refractivity contribution in [3.63, 3.8) is 0 Å². The van der Waals surface area contributed by atoms with Gasteiger partial charge in [0, 0.05) is 24.8 Å². The average Bonchev–Trinajstić information content (AvgIpc) is 3.09. The topological polar surface area (TPSA) is 42.3 Å². The molecule has 120 valence electrons. The molecule has 0 atom stereocenters. The van der Waals surface area contributed by atoms with Crippen molar-refractivity contribution in [2.75, 3.05) is 6.54 Å². The normalized spacial score (nSPS) is 13.8. The zero-order valence-corrected chi connectivity index (χ0v) is 13.5. The first-order chi connectivity index (χ1) is 11.6. The lowest BCUT2D eigenvalue weighted by Gasteiger charge is -2.14. The number of aromatic nitrogens is 1. The van der Waals surface area contributed by atoms with Gasteiger partial charge < -0.3 is 4.57 Å². The molecule has 0 N–H and O–H groups in total. The van der Waals surface area contributed by atoms with Gasteiger partial charge in [0.2, 0.25) is 0 Å². The van der Waals surface area contributed by atoms with Crippen LogP contribution in [0.25, 0.3) is 10.9 Å². The molecule has 0 radical (unpaired) electrons. The zero-order valence-electron chi connectivity index (χ0n) is 13.5. The molecule has 0 spiro atoms. The summed E-state index contributed by atoms with van der Waals surface area (Å²) in [4.78, 5) is 26.1. The van der Waals surface area contributed by atoms with Crippen LogP contribution < -0.4 is 0 Å². The standard InChI is InChI=1S/C20H18N2O2/c1-14-7-8-18-15(13-14)9-12-21(18)10-4-11-22-19(23)16-5-2-3-6-17(16)20(22)24/h2-3,5-9,12-13H,4,10-11H2,1H3. The third-order valence-corrected chi connectivity index (χ3v) is 4.59. The van der Waals surface area contributed by atoms with Crippen molar-refractivity contribution in [2.45, 2.75) is 19.9 Å². The number of carbonyl (C=O) groups excluding carboxylic acids is 2. The monoisotopic (exact) mass is 318 g/mol. The number of carbonyl (C=O) groups is 2. The Bertz CT molecular complexity index is 920. The maximum absolute atomic E-state index is 12.3. The molecule has 1 aromatic heterocycles. The fraction of sp³-hybridized carbons (Fsp3) is 0.200. The molecular formula is C20H18N2O2. The highest BCUT2D eigenvalue weighted by Gasteiger charge is 2.34. The number of hydrogen-bond acceptors (Lipinski definition) is 2. The first kappa shape index (κ1) is 14.7. The molecule has 0 saturated carbocycles. The second-order valence-electron chi connectivity index (χ2n) is 6.23. The van der Waals surface area contributed by atoms with E-state index in [4.69, 9.17) is 0 Å². The first-order valence-electron chi connectivity index (χ1n) is 8.16. The summed E-state index contributed by atoms with van der Waals surface area (Å²) < 4.78 is 2.17. The van der Waals surface area contributed by atoms with Gasteiger partial charge in [-0.25, -0.2) is 0 Å². The van der Waals surface area contributed by atoms with E-state index in [0.29, 0.717) is 17.7 Å². The predicted molar refractivity (Wildman–Crippen MR) is 93.1 cm³/mol. The summed E-state index contributed by atoms with van der Waals surface area (Å²) in [6.45, 7) is 3.30. The number of nitrogens with zero attached hydrogens (tertiary/aromatic N) is 2. The van der Waals surface area contributed by atoms with E-state index in [1.165, 1.54) is 21.4 Å². The maximum Gasteiger partial charge on any atom is 0.261 e. The molecule has 4 nitrogen and oxygen atoms in total. The Morgan fingerprint density at radius 3 is 2.29 bits per heavy atom. The number of rotatable bonds is 4. The second-order valence-corrected chi connectivity index (χ2v) is 6.23. The number of imide groups is 1. The Morgan fingerprint density at radius 2 is 1.58 bits per heavy atom. The number of benzene rings is 2. The van der Waals surface area contributed by atoms with Crippen LogP contribution in [-0.2, 0) is 6.54 Å². The van der Waals surface area contributed by atoms with Crippen LogP contribution in [-0.4, -0.2) is 27.8 Å². The van der Waals surface area contributed by atoms with Crippen LogP contribution in [0.4, 0.5) is 0 Å². The highest BCUT2D eigenvalue weighted by atomic mass is 16.2. The van der Waals surface area contributed by atoms with Gasteiger partial charge in [0.25, 0.3) is 11.8 Å². The molecular weight excluding hydrogens is 300 g/mol. The van der Waals surface area contributed by atoms with Crippen molar-refractivity contribution in [2.24, 2.45) is 0 Å². The van der Waals surface area contributed by atoms with E-state index in [9.17, 15) is 9.59 Å². The molecule has 4 heteroatoms. The quantitative estimate of drug-likeness (QED) is 0.689. The summed E-state index contributed by atoms with van der Waals surface area (Å²) in [5.41, 5.74) is 3.46. The van der Waals surface area contributed by atoms with Gasteiger partial charge in [-0.3, -0.25) is 14.5 Å². The Morgan fingerprint density at radius 1 is 0.875 bits per heavy atom. The molecule has 2 heterocycles. The lowest BCUT2D eigenvalue weighted by molar-refractivity contribution is 0.0651. The van der Waals surface area contributed by atoms with Gasteiger partial charge >= 0.3 is 0 Å². The van der Waals surface area contributed by atoms with Crippen molar-refractivity contribution in [1.29, 1.82) is 0 Å². The van der Waals surface area contributed by atoms with Crippen LogP contribution in [0.2, 0.25) is 0 Å². The number of aryl methyl sites for hydroxylation is 2. The van der Waals surface area contributed by atoms with Gasteiger partial charge in [0.05, 0.1) is 11.1 Å². The van der Waals surface area contributed by atoms with Gasteiger partial charge in [-0.1, -0.05) is 23.8 Å². The lowest BCUT2D eigenvalue weighted by atomic mass is 10.1. The summed E-state index contributed by atoms with van der Waals surface area (Å²) in [6, 6.07) is 15.5. The van der Waals surface area contributed by atoms with Crippen LogP contribution >= 0.6 is 0 Å². The van der Waals surface area contributed by atoms with Gasteiger partial charge in [-0.2, -0.15) is 0 Å². The van der Waals surface area contributed by atoms with Gasteiger partial charge in [-0.15, -0.1) is 0 Å². The Labute approximate surface area is 140 Å². The fourth-order valence-electron chi connectivity index (χ4n) is 3.36. The van der Waals surface area contributed by atoms with Crippen molar-refractivity contribution >= 4 is 22.7 Å². The van der Waals surface area contributed by atoms with E-state index in [1.54, 1.807) is 24.3 Å². The highest BCUT2D eigenvalue weighted by molar-refractivity contribution is 6.21. The molecule has 0 unspecified atom stereocenters. The number of hydrogen-bond donors (Lipinski definition) is 0. The van der Waals surface area contributed by atoms with Crippen LogP contribution in [0.1, 0.15) is 32.7 Å². The van der Waals surface area contributed by atoms with Gasteiger partial charge in [-0.05, 0) is 49.1 Å². The lowest BCUT2D eigenvalue weighted by Crippen LogP contribution is -2.31. The minimum Gasteiger partial charge on any atom is -0.347 e. The molecule has 3 aromatic rings. The Balaban J connectivity index is 1.46. The van der Waals surface area contributed by atoms with E-state index in [0.717, 1.165) is 13.0 Å². The van der Waals surface area contributed by atoms with Crippen molar-refractivity contribution in [1.82, 2.24) is 9.47 Å². The average molecular weight is 318 g/mol. The summed E-state index contributed by atoms with van der Waals surface area (Å²) in [5, 5.41) is 1.22. The van der Waals surface area contributed by atoms with Crippen molar-refractivity contribution < 1.29 is 9.59 Å². The van der Waals surface area contributed by atoms with Crippen LogP contribution in [0.5, 0.6) is 0 Å². The third kappa shape index (κ3) is 2.31. The Hall–Kier alpha value is -2.88. The van der Waals surface area contributed by atoms with E-state index in [-0.39, 0.29) is 11.8 Å². The third-order valence-electron chi connectivity index (χ3n) is 4.59. The van der Waals surface area contributed by atoms with Crippen molar-refractivity contribution in [3.8, 4) is 0 Å². The summed E-state index contributed by atoms with van der Waals surface area (Å²) in [7, 11) is 0. The SMILES string of the molecule is Cc1ccc2c(ccn2CCCN2C(=O)c3ccccc3C2=O)c1. The van der Waals surface area contributed by atoms with Crippen LogP contribution in [0, 0.1) is 6.92 Å². The highest BCUT2D eigenvalue weighted by Crippen LogP contribution is 2.23. The van der Waals surface area contributed by atoms with Crippen LogP contribution in [0.3, 0.4) is 0 Å². The van der Waals surface area contributed by atoms with Crippen molar-refractivity contribution in [3.05, 3.63) is 71.4 Å². The minimum atomic E-state index is -0.177. The van der Waals surface area contributed by atoms with Crippen LogP contribution in [0.15, 0.2) is 54.7 Å². The minimum absolute atomic E-state index is 0.177. The van der Waals surface area contributed by atoms with E-state index < -0.39 is 0 Å². The molecule has 0 saturated heterocycles. The smallest absolute Gasteiger partial charge is 0.261 e. The molecule has 0 aliphatic carbocycles. The Kier molecular flexibility index (Phi) is 3.45. The molecule has 24 heavy (non-hydrogen) atoms. The van der Waals surface area contributed by atoms with E-state index >= 15 is 0 Å². The summed E-state index contributed by atoms with van der Waals surface area (Å²) in [6.07, 6.45) is 2.80. The summed E-state index contributed by atoms with van der Waals surface area (Å²) in [5.74, 6) is -0.354. The fourth-order valence-corrected chi connectivity index (χ4v) is 3.36. The van der Waals surface area contributed by atoms with E-state index in [2.05, 4.69) is 42.0 Å². The molecule has 2 amide bonds. The van der Waals surface area contributed by atoms with Gasteiger partial charge in [0.15, 0.2) is 0 Å². The second kappa shape index (κ2) is 5.64. The molecule has 0 fully saturated rings.